The fraction of sp³-hybridized carbons (Fsp3) is 0.333. The molecular weight excluding hydrogens is 297 g/mol. The Morgan fingerprint density at radius 2 is 2.04 bits per heavy atom. The Morgan fingerprint density at radius 1 is 1.26 bits per heavy atom. The van der Waals surface area contributed by atoms with Crippen molar-refractivity contribution in [1.29, 1.82) is 0 Å². The summed E-state index contributed by atoms with van der Waals surface area (Å²) in [5.41, 5.74) is 0.347. The van der Waals surface area contributed by atoms with Gasteiger partial charge < -0.3 is 10.0 Å². The van der Waals surface area contributed by atoms with E-state index in [1.165, 1.54) is 6.07 Å². The summed E-state index contributed by atoms with van der Waals surface area (Å²) in [6, 6.07) is 10.1. The average Bonchev–Trinajstić information content (AvgIpc) is 3.01. The minimum absolute atomic E-state index is 0.122. The Labute approximate surface area is 133 Å². The lowest BCUT2D eigenvalue weighted by atomic mass is 10.0. The summed E-state index contributed by atoms with van der Waals surface area (Å²) in [7, 11) is 0. The molecule has 23 heavy (non-hydrogen) atoms. The highest BCUT2D eigenvalue weighted by molar-refractivity contribution is 5.99. The van der Waals surface area contributed by atoms with Crippen molar-refractivity contribution in [3.8, 4) is 0 Å². The van der Waals surface area contributed by atoms with Gasteiger partial charge >= 0.3 is 5.97 Å². The van der Waals surface area contributed by atoms with E-state index in [9.17, 15) is 14.0 Å². The van der Waals surface area contributed by atoms with E-state index in [0.717, 1.165) is 6.42 Å². The highest BCUT2D eigenvalue weighted by Gasteiger charge is 2.27. The molecule has 2 aromatic carbocycles. The third-order valence-corrected chi connectivity index (χ3v) is 4.40. The van der Waals surface area contributed by atoms with Crippen molar-refractivity contribution >= 4 is 22.6 Å². The van der Waals surface area contributed by atoms with E-state index in [0.29, 0.717) is 35.8 Å². The SMILES string of the molecule is O=C(O)CCC1CCN(C(=O)c2cc(F)c3ccccc3c2)C1. The number of halogens is 1. The number of amides is 1. The van der Waals surface area contributed by atoms with Crippen LogP contribution < -0.4 is 0 Å². The number of rotatable bonds is 4. The van der Waals surface area contributed by atoms with Gasteiger partial charge in [-0.2, -0.15) is 0 Å². The summed E-state index contributed by atoms with van der Waals surface area (Å²) in [4.78, 5) is 24.9. The smallest absolute Gasteiger partial charge is 0.303 e. The first kappa shape index (κ1) is 15.5. The van der Waals surface area contributed by atoms with Crippen LogP contribution in [0, 0.1) is 11.7 Å². The van der Waals surface area contributed by atoms with E-state index in [-0.39, 0.29) is 18.2 Å². The van der Waals surface area contributed by atoms with Crippen LogP contribution >= 0.6 is 0 Å². The van der Waals surface area contributed by atoms with Crippen molar-refractivity contribution in [2.24, 2.45) is 5.92 Å². The van der Waals surface area contributed by atoms with Crippen molar-refractivity contribution in [2.45, 2.75) is 19.3 Å². The molecule has 0 bridgehead atoms. The van der Waals surface area contributed by atoms with Gasteiger partial charge in [-0.1, -0.05) is 24.3 Å². The molecule has 0 aromatic heterocycles. The van der Waals surface area contributed by atoms with E-state index in [1.807, 2.05) is 6.07 Å². The number of likely N-dealkylation sites (tertiary alicyclic amines) is 1. The quantitative estimate of drug-likeness (QED) is 0.942. The largest absolute Gasteiger partial charge is 0.481 e. The molecule has 5 heteroatoms. The number of fused-ring (bicyclic) bond motifs is 1. The van der Waals surface area contributed by atoms with Gasteiger partial charge in [-0.05, 0) is 36.3 Å². The third-order valence-electron chi connectivity index (χ3n) is 4.40. The normalized spacial score (nSPS) is 17.6. The van der Waals surface area contributed by atoms with Gasteiger partial charge in [-0.25, -0.2) is 4.39 Å². The van der Waals surface area contributed by atoms with E-state index < -0.39 is 11.8 Å². The lowest BCUT2D eigenvalue weighted by molar-refractivity contribution is -0.137. The number of aliphatic carboxylic acids is 1. The van der Waals surface area contributed by atoms with Crippen LogP contribution in [-0.4, -0.2) is 35.0 Å². The molecule has 1 unspecified atom stereocenters. The summed E-state index contributed by atoms with van der Waals surface area (Å²) < 4.78 is 14.1. The molecule has 1 saturated heterocycles. The first-order chi connectivity index (χ1) is 11.0. The number of benzene rings is 2. The lowest BCUT2D eigenvalue weighted by Crippen LogP contribution is -2.28. The van der Waals surface area contributed by atoms with Crippen LogP contribution in [0.3, 0.4) is 0 Å². The van der Waals surface area contributed by atoms with E-state index in [1.54, 1.807) is 29.2 Å². The molecule has 0 radical (unpaired) electrons. The second kappa shape index (κ2) is 6.36. The van der Waals surface area contributed by atoms with E-state index >= 15 is 0 Å². The lowest BCUT2D eigenvalue weighted by Gasteiger charge is -2.17. The van der Waals surface area contributed by atoms with Crippen LogP contribution in [-0.2, 0) is 4.79 Å². The molecule has 1 amide bonds. The molecular formula is C18H18FNO3. The topological polar surface area (TPSA) is 57.6 Å². The van der Waals surface area contributed by atoms with Crippen LogP contribution in [0.1, 0.15) is 29.6 Å². The van der Waals surface area contributed by atoms with Crippen molar-refractivity contribution < 1.29 is 19.1 Å². The summed E-state index contributed by atoms with van der Waals surface area (Å²) in [5.74, 6) is -1.19. The second-order valence-electron chi connectivity index (χ2n) is 6.02. The van der Waals surface area contributed by atoms with E-state index in [4.69, 9.17) is 5.11 Å². The van der Waals surface area contributed by atoms with Crippen molar-refractivity contribution in [2.75, 3.05) is 13.1 Å². The molecule has 1 fully saturated rings. The Hall–Kier alpha value is -2.43. The molecule has 3 rings (SSSR count). The molecule has 0 spiro atoms. The predicted octanol–water partition coefficient (Wildman–Crippen LogP) is 3.31. The van der Waals surface area contributed by atoms with Gasteiger partial charge in [-0.3, -0.25) is 9.59 Å². The molecule has 1 heterocycles. The minimum Gasteiger partial charge on any atom is -0.481 e. The maximum absolute atomic E-state index is 14.1. The first-order valence-electron chi connectivity index (χ1n) is 7.74. The van der Waals surface area contributed by atoms with Crippen LogP contribution in [0.2, 0.25) is 0 Å². The zero-order valence-electron chi connectivity index (χ0n) is 12.7. The number of nitrogens with zero attached hydrogens (tertiary/aromatic N) is 1. The number of hydrogen-bond acceptors (Lipinski definition) is 2. The Bertz CT molecular complexity index is 759. The second-order valence-corrected chi connectivity index (χ2v) is 6.02. The Kier molecular flexibility index (Phi) is 4.28. The molecule has 0 aliphatic carbocycles. The van der Waals surface area contributed by atoms with Gasteiger partial charge in [0.05, 0.1) is 0 Å². The molecule has 1 N–H and O–H groups in total. The fourth-order valence-corrected chi connectivity index (χ4v) is 3.15. The van der Waals surface area contributed by atoms with Crippen LogP contribution in [0.4, 0.5) is 4.39 Å². The van der Waals surface area contributed by atoms with E-state index in [2.05, 4.69) is 0 Å². The van der Waals surface area contributed by atoms with Gasteiger partial charge in [0, 0.05) is 30.5 Å². The molecule has 0 saturated carbocycles. The zero-order chi connectivity index (χ0) is 16.4. The molecule has 120 valence electrons. The maximum atomic E-state index is 14.1. The zero-order valence-corrected chi connectivity index (χ0v) is 12.7. The molecule has 2 aromatic rings. The standard InChI is InChI=1S/C18H18FNO3/c19-16-10-14(9-13-3-1-2-4-15(13)16)18(23)20-8-7-12(11-20)5-6-17(21)22/h1-4,9-10,12H,5-8,11H2,(H,21,22). The van der Waals surface area contributed by atoms with Gasteiger partial charge in [0.2, 0.25) is 0 Å². The summed E-state index contributed by atoms with van der Waals surface area (Å²) >= 11 is 0. The predicted molar refractivity (Wildman–Crippen MR) is 84.8 cm³/mol. The highest BCUT2D eigenvalue weighted by Crippen LogP contribution is 2.25. The first-order valence-corrected chi connectivity index (χ1v) is 7.74. The number of carbonyl (C=O) groups is 2. The molecule has 1 atom stereocenters. The van der Waals surface area contributed by atoms with Crippen molar-refractivity contribution in [1.82, 2.24) is 4.90 Å². The summed E-state index contributed by atoms with van der Waals surface area (Å²) in [6.45, 7) is 1.14. The number of carboxylic acids is 1. The number of carbonyl (C=O) groups excluding carboxylic acids is 1. The van der Waals surface area contributed by atoms with Gasteiger partial charge in [0.25, 0.3) is 5.91 Å². The van der Waals surface area contributed by atoms with Crippen LogP contribution in [0.15, 0.2) is 36.4 Å². The Morgan fingerprint density at radius 3 is 2.83 bits per heavy atom. The van der Waals surface area contributed by atoms with Crippen molar-refractivity contribution in [3.63, 3.8) is 0 Å². The summed E-state index contributed by atoms with van der Waals surface area (Å²) in [6.07, 6.45) is 1.50. The molecule has 1 aliphatic heterocycles. The average molecular weight is 315 g/mol. The number of hydrogen-bond donors (Lipinski definition) is 1. The Balaban J connectivity index is 1.75. The minimum atomic E-state index is -0.814. The molecule has 4 nitrogen and oxygen atoms in total. The maximum Gasteiger partial charge on any atom is 0.303 e. The third kappa shape index (κ3) is 3.33. The number of carboxylic acid groups (broad SMARTS) is 1. The van der Waals surface area contributed by atoms with Gasteiger partial charge in [-0.15, -0.1) is 0 Å². The van der Waals surface area contributed by atoms with Gasteiger partial charge in [0.1, 0.15) is 5.82 Å². The summed E-state index contributed by atoms with van der Waals surface area (Å²) in [5, 5.41) is 9.95. The molecule has 1 aliphatic rings. The monoisotopic (exact) mass is 315 g/mol. The van der Waals surface area contributed by atoms with Gasteiger partial charge in [0.15, 0.2) is 0 Å². The van der Waals surface area contributed by atoms with Crippen LogP contribution in [0.25, 0.3) is 10.8 Å². The van der Waals surface area contributed by atoms with Crippen molar-refractivity contribution in [3.05, 3.63) is 47.8 Å². The van der Waals surface area contributed by atoms with Crippen LogP contribution in [0.5, 0.6) is 0 Å². The highest BCUT2D eigenvalue weighted by atomic mass is 19.1. The fourth-order valence-electron chi connectivity index (χ4n) is 3.15.